The van der Waals surface area contributed by atoms with Gasteiger partial charge in [-0.05, 0) is 26.2 Å². The standard InChI is InChI=1S/C14H24N4O2/c1-2-15-12-10-13(16-6-3-8-20-9-7-19)18-14(17-12)11-4-5-11/h10-11,19H,2-9H2,1H3,(H2,15,16,17,18). The molecule has 0 atom stereocenters. The van der Waals surface area contributed by atoms with Gasteiger partial charge >= 0.3 is 0 Å². The fraction of sp³-hybridized carbons (Fsp3) is 0.714. The summed E-state index contributed by atoms with van der Waals surface area (Å²) in [5.41, 5.74) is 0. The Kier molecular flexibility index (Phi) is 6.01. The van der Waals surface area contributed by atoms with E-state index in [1.165, 1.54) is 12.8 Å². The van der Waals surface area contributed by atoms with E-state index in [1.807, 2.05) is 6.07 Å². The van der Waals surface area contributed by atoms with E-state index >= 15 is 0 Å². The minimum atomic E-state index is 0.0795. The minimum Gasteiger partial charge on any atom is -0.394 e. The van der Waals surface area contributed by atoms with Crippen LogP contribution in [0.2, 0.25) is 0 Å². The Hall–Kier alpha value is -1.40. The van der Waals surface area contributed by atoms with Crippen LogP contribution in [0.3, 0.4) is 0 Å². The van der Waals surface area contributed by atoms with Crippen LogP contribution in [0.25, 0.3) is 0 Å². The molecule has 1 fully saturated rings. The number of aliphatic hydroxyl groups excluding tert-OH is 1. The molecule has 2 rings (SSSR count). The van der Waals surface area contributed by atoms with Crippen LogP contribution < -0.4 is 10.6 Å². The van der Waals surface area contributed by atoms with Crippen molar-refractivity contribution in [1.82, 2.24) is 9.97 Å². The second-order valence-corrected chi connectivity index (χ2v) is 4.92. The van der Waals surface area contributed by atoms with Gasteiger partial charge in [0.2, 0.25) is 0 Å². The molecular formula is C14H24N4O2. The third kappa shape index (κ3) is 4.94. The van der Waals surface area contributed by atoms with Gasteiger partial charge in [0.15, 0.2) is 0 Å². The Morgan fingerprint density at radius 2 is 2.00 bits per heavy atom. The average Bonchev–Trinajstić information content (AvgIpc) is 3.27. The Labute approximate surface area is 120 Å². The summed E-state index contributed by atoms with van der Waals surface area (Å²) < 4.78 is 5.22. The van der Waals surface area contributed by atoms with E-state index in [1.54, 1.807) is 0 Å². The van der Waals surface area contributed by atoms with E-state index in [-0.39, 0.29) is 6.61 Å². The molecule has 1 heterocycles. The molecule has 1 aromatic heterocycles. The summed E-state index contributed by atoms with van der Waals surface area (Å²) in [5, 5.41) is 15.2. The molecule has 112 valence electrons. The molecular weight excluding hydrogens is 256 g/mol. The summed E-state index contributed by atoms with van der Waals surface area (Å²) in [6.07, 6.45) is 3.29. The highest BCUT2D eigenvalue weighted by Gasteiger charge is 2.27. The highest BCUT2D eigenvalue weighted by molar-refractivity contribution is 5.48. The number of ether oxygens (including phenoxy) is 1. The summed E-state index contributed by atoms with van der Waals surface area (Å²) in [7, 11) is 0. The first-order chi connectivity index (χ1) is 9.83. The predicted octanol–water partition coefficient (Wildman–Crippen LogP) is 1.60. The van der Waals surface area contributed by atoms with Gasteiger partial charge in [-0.2, -0.15) is 0 Å². The topological polar surface area (TPSA) is 79.3 Å². The van der Waals surface area contributed by atoms with Crippen molar-refractivity contribution in [1.29, 1.82) is 0 Å². The highest BCUT2D eigenvalue weighted by atomic mass is 16.5. The lowest BCUT2D eigenvalue weighted by Crippen LogP contribution is -2.11. The normalized spacial score (nSPS) is 14.3. The first kappa shape index (κ1) is 15.0. The summed E-state index contributed by atoms with van der Waals surface area (Å²) in [6.45, 7) is 4.85. The molecule has 0 spiro atoms. The van der Waals surface area contributed by atoms with E-state index in [9.17, 15) is 0 Å². The third-order valence-corrected chi connectivity index (χ3v) is 3.05. The highest BCUT2D eigenvalue weighted by Crippen LogP contribution is 2.38. The maximum atomic E-state index is 8.61. The van der Waals surface area contributed by atoms with Gasteiger partial charge in [-0.25, -0.2) is 9.97 Å². The molecule has 1 aliphatic rings. The second kappa shape index (κ2) is 8.01. The van der Waals surface area contributed by atoms with Gasteiger partial charge in [0.25, 0.3) is 0 Å². The zero-order valence-corrected chi connectivity index (χ0v) is 12.1. The molecule has 0 aliphatic heterocycles. The number of aliphatic hydroxyl groups is 1. The van der Waals surface area contributed by atoms with Crippen LogP contribution in [0, 0.1) is 0 Å². The van der Waals surface area contributed by atoms with Gasteiger partial charge in [0.1, 0.15) is 17.5 Å². The van der Waals surface area contributed by atoms with Crippen LogP contribution in [0.15, 0.2) is 6.07 Å². The number of aromatic nitrogens is 2. The third-order valence-electron chi connectivity index (χ3n) is 3.05. The zero-order valence-electron chi connectivity index (χ0n) is 12.1. The van der Waals surface area contributed by atoms with Gasteiger partial charge in [-0.1, -0.05) is 0 Å². The van der Waals surface area contributed by atoms with Crippen LogP contribution in [-0.2, 0) is 4.74 Å². The number of nitrogens with zero attached hydrogens (tertiary/aromatic N) is 2. The van der Waals surface area contributed by atoms with Gasteiger partial charge in [-0.3, -0.25) is 0 Å². The molecule has 0 radical (unpaired) electrons. The summed E-state index contributed by atoms with van der Waals surface area (Å²) in [5.74, 6) is 3.26. The van der Waals surface area contributed by atoms with Crippen LogP contribution in [-0.4, -0.2) is 48.0 Å². The predicted molar refractivity (Wildman–Crippen MR) is 79.2 cm³/mol. The summed E-state index contributed by atoms with van der Waals surface area (Å²) in [4.78, 5) is 9.11. The van der Waals surface area contributed by atoms with Crippen molar-refractivity contribution in [2.45, 2.75) is 32.1 Å². The Morgan fingerprint density at radius 3 is 2.65 bits per heavy atom. The first-order valence-corrected chi connectivity index (χ1v) is 7.38. The molecule has 0 unspecified atom stereocenters. The zero-order chi connectivity index (χ0) is 14.2. The number of rotatable bonds is 10. The molecule has 6 nitrogen and oxygen atoms in total. The van der Waals surface area contributed by atoms with Crippen molar-refractivity contribution in [2.24, 2.45) is 0 Å². The van der Waals surface area contributed by atoms with E-state index < -0.39 is 0 Å². The SMILES string of the molecule is CCNc1cc(NCCCOCCO)nc(C2CC2)n1. The van der Waals surface area contributed by atoms with E-state index in [2.05, 4.69) is 27.5 Å². The molecule has 1 saturated carbocycles. The molecule has 3 N–H and O–H groups in total. The van der Waals surface area contributed by atoms with Gasteiger partial charge in [-0.15, -0.1) is 0 Å². The fourth-order valence-corrected chi connectivity index (χ4v) is 1.91. The molecule has 0 saturated heterocycles. The molecule has 1 aliphatic carbocycles. The Bertz CT molecular complexity index is 410. The van der Waals surface area contributed by atoms with Gasteiger partial charge < -0.3 is 20.5 Å². The van der Waals surface area contributed by atoms with Crippen molar-refractivity contribution in [3.8, 4) is 0 Å². The van der Waals surface area contributed by atoms with Crippen molar-refractivity contribution in [3.05, 3.63) is 11.9 Å². The lowest BCUT2D eigenvalue weighted by atomic mass is 10.3. The number of anilines is 2. The molecule has 6 heteroatoms. The number of hydrogen-bond donors (Lipinski definition) is 3. The van der Waals surface area contributed by atoms with Crippen LogP contribution >= 0.6 is 0 Å². The maximum absolute atomic E-state index is 8.61. The monoisotopic (exact) mass is 280 g/mol. The van der Waals surface area contributed by atoms with E-state index in [0.29, 0.717) is 19.1 Å². The summed E-state index contributed by atoms with van der Waals surface area (Å²) in [6, 6.07) is 1.95. The summed E-state index contributed by atoms with van der Waals surface area (Å²) >= 11 is 0. The molecule has 1 aromatic rings. The molecule has 0 aromatic carbocycles. The second-order valence-electron chi connectivity index (χ2n) is 4.92. The number of hydrogen-bond acceptors (Lipinski definition) is 6. The smallest absolute Gasteiger partial charge is 0.136 e. The maximum Gasteiger partial charge on any atom is 0.136 e. The Balaban J connectivity index is 1.82. The Morgan fingerprint density at radius 1 is 1.25 bits per heavy atom. The minimum absolute atomic E-state index is 0.0795. The van der Waals surface area contributed by atoms with Crippen LogP contribution in [0.1, 0.15) is 37.9 Å². The van der Waals surface area contributed by atoms with E-state index in [4.69, 9.17) is 9.84 Å². The van der Waals surface area contributed by atoms with Crippen LogP contribution in [0.4, 0.5) is 11.6 Å². The lowest BCUT2D eigenvalue weighted by molar-refractivity contribution is 0.0922. The number of nitrogens with one attached hydrogen (secondary N) is 2. The fourth-order valence-electron chi connectivity index (χ4n) is 1.91. The van der Waals surface area contributed by atoms with E-state index in [0.717, 1.165) is 37.0 Å². The molecule has 0 amide bonds. The van der Waals surface area contributed by atoms with Gasteiger partial charge in [0.05, 0.1) is 13.2 Å². The van der Waals surface area contributed by atoms with Crippen molar-refractivity contribution in [3.63, 3.8) is 0 Å². The lowest BCUT2D eigenvalue weighted by Gasteiger charge is -2.10. The van der Waals surface area contributed by atoms with Gasteiger partial charge in [0, 0.05) is 31.7 Å². The molecule has 0 bridgehead atoms. The molecule has 20 heavy (non-hydrogen) atoms. The van der Waals surface area contributed by atoms with Crippen molar-refractivity contribution >= 4 is 11.6 Å². The quantitative estimate of drug-likeness (QED) is 0.565. The average molecular weight is 280 g/mol. The van der Waals surface area contributed by atoms with Crippen molar-refractivity contribution in [2.75, 3.05) is 43.5 Å². The largest absolute Gasteiger partial charge is 0.394 e. The first-order valence-electron chi connectivity index (χ1n) is 7.38. The van der Waals surface area contributed by atoms with Crippen molar-refractivity contribution < 1.29 is 9.84 Å². The van der Waals surface area contributed by atoms with Crippen LogP contribution in [0.5, 0.6) is 0 Å².